The fourth-order valence-electron chi connectivity index (χ4n) is 2.92. The summed E-state index contributed by atoms with van der Waals surface area (Å²) in [6, 6.07) is 5.10. The van der Waals surface area contributed by atoms with Gasteiger partial charge in [-0.15, -0.1) is 11.3 Å². The Hall–Kier alpha value is -0.420. The van der Waals surface area contributed by atoms with E-state index in [0.717, 1.165) is 19.1 Å². The fraction of sp³-hybridized carbons (Fsp3) is 0.733. The SMILES string of the molecule is CCN(CC)C1CCN(CCNCc2cccs2)C1. The summed E-state index contributed by atoms with van der Waals surface area (Å²) in [6.45, 7) is 12.7. The van der Waals surface area contributed by atoms with E-state index in [9.17, 15) is 0 Å². The third kappa shape index (κ3) is 4.56. The topological polar surface area (TPSA) is 18.5 Å². The second-order valence-electron chi connectivity index (χ2n) is 5.22. The van der Waals surface area contributed by atoms with Crippen LogP contribution in [0.4, 0.5) is 0 Å². The highest BCUT2D eigenvalue weighted by molar-refractivity contribution is 7.09. The van der Waals surface area contributed by atoms with Crippen molar-refractivity contribution in [1.82, 2.24) is 15.1 Å². The van der Waals surface area contributed by atoms with Gasteiger partial charge in [-0.1, -0.05) is 19.9 Å². The van der Waals surface area contributed by atoms with Gasteiger partial charge < -0.3 is 10.2 Å². The van der Waals surface area contributed by atoms with Gasteiger partial charge in [-0.3, -0.25) is 4.90 Å². The van der Waals surface area contributed by atoms with Gasteiger partial charge in [0.15, 0.2) is 0 Å². The normalized spacial score (nSPS) is 20.5. The largest absolute Gasteiger partial charge is 0.311 e. The summed E-state index contributed by atoms with van der Waals surface area (Å²) in [4.78, 5) is 6.63. The molecule has 1 unspecified atom stereocenters. The Kier molecular flexibility index (Phi) is 6.31. The Bertz CT molecular complexity index is 335. The van der Waals surface area contributed by atoms with Crippen molar-refractivity contribution in [2.45, 2.75) is 32.9 Å². The lowest BCUT2D eigenvalue weighted by atomic mass is 10.2. The molecule has 0 amide bonds. The Morgan fingerprint density at radius 3 is 2.95 bits per heavy atom. The van der Waals surface area contributed by atoms with Crippen molar-refractivity contribution in [2.24, 2.45) is 0 Å². The molecule has 2 heterocycles. The number of rotatable bonds is 8. The summed E-state index contributed by atoms with van der Waals surface area (Å²) in [5.74, 6) is 0. The van der Waals surface area contributed by atoms with Crippen molar-refractivity contribution >= 4 is 11.3 Å². The number of hydrogen-bond donors (Lipinski definition) is 1. The van der Waals surface area contributed by atoms with Gasteiger partial charge in [0.1, 0.15) is 0 Å². The molecule has 1 atom stereocenters. The molecule has 1 aliphatic heterocycles. The molecule has 0 aromatic carbocycles. The zero-order chi connectivity index (χ0) is 13.5. The van der Waals surface area contributed by atoms with E-state index < -0.39 is 0 Å². The first-order chi connectivity index (χ1) is 9.33. The summed E-state index contributed by atoms with van der Waals surface area (Å²) in [7, 11) is 0. The molecule has 1 fully saturated rings. The number of likely N-dealkylation sites (N-methyl/N-ethyl adjacent to an activating group) is 1. The van der Waals surface area contributed by atoms with E-state index in [2.05, 4.69) is 46.5 Å². The second-order valence-corrected chi connectivity index (χ2v) is 6.25. The summed E-state index contributed by atoms with van der Waals surface area (Å²) in [6.07, 6.45) is 1.34. The maximum Gasteiger partial charge on any atom is 0.0300 e. The molecule has 3 nitrogen and oxygen atoms in total. The molecule has 0 bridgehead atoms. The van der Waals surface area contributed by atoms with Crippen LogP contribution in [0.15, 0.2) is 17.5 Å². The van der Waals surface area contributed by atoms with E-state index in [-0.39, 0.29) is 0 Å². The molecule has 108 valence electrons. The Labute approximate surface area is 121 Å². The van der Waals surface area contributed by atoms with Crippen LogP contribution in [0.3, 0.4) is 0 Å². The molecule has 1 saturated heterocycles. The summed E-state index contributed by atoms with van der Waals surface area (Å²) in [5.41, 5.74) is 0. The van der Waals surface area contributed by atoms with Crippen LogP contribution in [0.25, 0.3) is 0 Å². The van der Waals surface area contributed by atoms with Crippen LogP contribution in [-0.2, 0) is 6.54 Å². The lowest BCUT2D eigenvalue weighted by Gasteiger charge is -2.26. The van der Waals surface area contributed by atoms with Gasteiger partial charge in [-0.2, -0.15) is 0 Å². The minimum atomic E-state index is 0.785. The third-order valence-electron chi connectivity index (χ3n) is 4.06. The highest BCUT2D eigenvalue weighted by Gasteiger charge is 2.25. The minimum Gasteiger partial charge on any atom is -0.311 e. The number of nitrogens with zero attached hydrogens (tertiary/aromatic N) is 2. The van der Waals surface area contributed by atoms with Crippen LogP contribution in [0, 0.1) is 0 Å². The first-order valence-electron chi connectivity index (χ1n) is 7.53. The smallest absolute Gasteiger partial charge is 0.0300 e. The molecular formula is C15H27N3S. The van der Waals surface area contributed by atoms with Crippen LogP contribution < -0.4 is 5.32 Å². The average Bonchev–Trinajstić information content (AvgIpc) is 3.08. The lowest BCUT2D eigenvalue weighted by Crippen LogP contribution is -2.38. The van der Waals surface area contributed by atoms with Gasteiger partial charge in [-0.25, -0.2) is 0 Å². The van der Waals surface area contributed by atoms with E-state index in [4.69, 9.17) is 0 Å². The molecule has 19 heavy (non-hydrogen) atoms. The van der Waals surface area contributed by atoms with E-state index in [1.807, 2.05) is 11.3 Å². The Balaban J connectivity index is 1.60. The summed E-state index contributed by atoms with van der Waals surface area (Å²) >= 11 is 1.83. The first kappa shape index (κ1) is 15.0. The van der Waals surface area contributed by atoms with Crippen molar-refractivity contribution in [3.8, 4) is 0 Å². The van der Waals surface area contributed by atoms with Crippen LogP contribution >= 0.6 is 11.3 Å². The van der Waals surface area contributed by atoms with Crippen LogP contribution in [0.2, 0.25) is 0 Å². The number of thiophene rings is 1. The molecule has 1 aromatic heterocycles. The van der Waals surface area contributed by atoms with E-state index in [1.165, 1.54) is 44.0 Å². The standard InChI is InChI=1S/C15H27N3S/c1-3-18(4-2)14-7-9-17(13-14)10-8-16-12-15-6-5-11-19-15/h5-6,11,14,16H,3-4,7-10,12-13H2,1-2H3. The Morgan fingerprint density at radius 2 is 2.26 bits per heavy atom. The molecule has 1 aromatic rings. The van der Waals surface area contributed by atoms with E-state index in [0.29, 0.717) is 0 Å². The molecule has 0 saturated carbocycles. The molecule has 0 spiro atoms. The highest BCUT2D eigenvalue weighted by atomic mass is 32.1. The van der Waals surface area contributed by atoms with Crippen LogP contribution in [-0.4, -0.2) is 55.1 Å². The van der Waals surface area contributed by atoms with E-state index in [1.54, 1.807) is 0 Å². The average molecular weight is 281 g/mol. The van der Waals surface area contributed by atoms with Crippen molar-refractivity contribution in [3.05, 3.63) is 22.4 Å². The second kappa shape index (κ2) is 8.00. The molecule has 0 aliphatic carbocycles. The zero-order valence-corrected chi connectivity index (χ0v) is 13.1. The van der Waals surface area contributed by atoms with Crippen molar-refractivity contribution in [1.29, 1.82) is 0 Å². The molecule has 2 rings (SSSR count). The quantitative estimate of drug-likeness (QED) is 0.737. The lowest BCUT2D eigenvalue weighted by molar-refractivity contribution is 0.211. The van der Waals surface area contributed by atoms with Crippen molar-refractivity contribution in [2.75, 3.05) is 39.3 Å². The molecule has 0 radical (unpaired) electrons. The van der Waals surface area contributed by atoms with Crippen LogP contribution in [0.5, 0.6) is 0 Å². The van der Waals surface area contributed by atoms with Crippen molar-refractivity contribution in [3.63, 3.8) is 0 Å². The van der Waals surface area contributed by atoms with Crippen molar-refractivity contribution < 1.29 is 0 Å². The number of hydrogen-bond acceptors (Lipinski definition) is 4. The monoisotopic (exact) mass is 281 g/mol. The van der Waals surface area contributed by atoms with Gasteiger partial charge in [0.25, 0.3) is 0 Å². The van der Waals surface area contributed by atoms with Crippen LogP contribution in [0.1, 0.15) is 25.1 Å². The fourth-order valence-corrected chi connectivity index (χ4v) is 3.59. The van der Waals surface area contributed by atoms with Gasteiger partial charge in [0.2, 0.25) is 0 Å². The van der Waals surface area contributed by atoms with E-state index >= 15 is 0 Å². The summed E-state index contributed by atoms with van der Waals surface area (Å²) in [5, 5.41) is 5.69. The molecule has 4 heteroatoms. The maximum atomic E-state index is 3.54. The maximum absolute atomic E-state index is 3.54. The predicted octanol–water partition coefficient (Wildman–Crippen LogP) is 2.25. The van der Waals surface area contributed by atoms with Gasteiger partial charge >= 0.3 is 0 Å². The molecule has 1 aliphatic rings. The Morgan fingerprint density at radius 1 is 1.42 bits per heavy atom. The van der Waals surface area contributed by atoms with Gasteiger partial charge in [-0.05, 0) is 37.5 Å². The van der Waals surface area contributed by atoms with Gasteiger partial charge in [0.05, 0.1) is 0 Å². The summed E-state index contributed by atoms with van der Waals surface area (Å²) < 4.78 is 0. The minimum absolute atomic E-state index is 0.785. The molecular weight excluding hydrogens is 254 g/mol. The predicted molar refractivity (Wildman–Crippen MR) is 83.8 cm³/mol. The first-order valence-corrected chi connectivity index (χ1v) is 8.41. The number of nitrogens with one attached hydrogen (secondary N) is 1. The van der Waals surface area contributed by atoms with Gasteiger partial charge in [0, 0.05) is 37.1 Å². The number of likely N-dealkylation sites (tertiary alicyclic amines) is 1. The highest BCUT2D eigenvalue weighted by Crippen LogP contribution is 2.14. The third-order valence-corrected chi connectivity index (χ3v) is 4.94. The zero-order valence-electron chi connectivity index (χ0n) is 12.3. The molecule has 1 N–H and O–H groups in total.